The topological polar surface area (TPSA) is 72.6 Å². The summed E-state index contributed by atoms with van der Waals surface area (Å²) < 4.78 is 4.76. The Bertz CT molecular complexity index is 173. The van der Waals surface area contributed by atoms with Crippen LogP contribution in [0, 0.1) is 0 Å². The summed E-state index contributed by atoms with van der Waals surface area (Å²) in [4.78, 5) is 22.1. The highest BCUT2D eigenvalue weighted by molar-refractivity contribution is 5.94. The lowest BCUT2D eigenvalue weighted by Gasteiger charge is -2.22. The maximum atomic E-state index is 10.7. The monoisotopic (exact) mass is 180 g/mol. The molecule has 0 radical (unpaired) electrons. The second-order valence-corrected chi connectivity index (χ2v) is 1.94. The molecule has 0 bridgehead atoms. The van der Waals surface area contributed by atoms with E-state index >= 15 is 0 Å². The molecule has 5 nitrogen and oxygen atoms in total. The highest BCUT2D eigenvalue weighted by Crippen LogP contribution is 1.96. The minimum absolute atomic E-state index is 0. The maximum absolute atomic E-state index is 10.7. The van der Waals surface area contributed by atoms with Gasteiger partial charge in [-0.3, -0.25) is 9.69 Å². The lowest BCUT2D eigenvalue weighted by atomic mass is 10.4. The number of ether oxygens (including phenoxy) is 1. The second kappa shape index (κ2) is 4.15. The molecule has 1 rings (SSSR count). The van der Waals surface area contributed by atoms with E-state index < -0.39 is 6.03 Å². The molecule has 0 saturated carbocycles. The number of carbonyl (C=O) groups is 2. The van der Waals surface area contributed by atoms with Gasteiger partial charge in [-0.1, -0.05) is 0 Å². The lowest BCUT2D eigenvalue weighted by molar-refractivity contribution is -0.138. The molecule has 1 saturated heterocycles. The van der Waals surface area contributed by atoms with Crippen molar-refractivity contribution in [2.75, 3.05) is 19.8 Å². The van der Waals surface area contributed by atoms with Crippen LogP contribution in [-0.2, 0) is 9.53 Å². The van der Waals surface area contributed by atoms with Gasteiger partial charge in [0.1, 0.15) is 6.61 Å². The fraction of sp³-hybridized carbons (Fsp3) is 0.600. The first-order valence-electron chi connectivity index (χ1n) is 2.89. The Morgan fingerprint density at radius 1 is 1.64 bits per heavy atom. The molecule has 3 amide bonds. The quantitative estimate of drug-likeness (QED) is 0.538. The summed E-state index contributed by atoms with van der Waals surface area (Å²) in [6.45, 7) is 0.617. The molecule has 1 aliphatic rings. The molecule has 11 heavy (non-hydrogen) atoms. The third-order valence-corrected chi connectivity index (χ3v) is 1.25. The largest absolute Gasteiger partial charge is 0.370 e. The number of morpholine rings is 1. The van der Waals surface area contributed by atoms with Crippen LogP contribution in [0.3, 0.4) is 0 Å². The van der Waals surface area contributed by atoms with Gasteiger partial charge in [-0.05, 0) is 0 Å². The van der Waals surface area contributed by atoms with Crippen molar-refractivity contribution in [1.29, 1.82) is 0 Å². The number of rotatable bonds is 0. The Balaban J connectivity index is 0.000001000. The predicted molar refractivity (Wildman–Crippen MR) is 39.4 cm³/mol. The molecular weight excluding hydrogens is 172 g/mol. The fourth-order valence-electron chi connectivity index (χ4n) is 0.751. The summed E-state index contributed by atoms with van der Waals surface area (Å²) in [5.74, 6) is -0.362. The maximum Gasteiger partial charge on any atom is 0.321 e. The number of primary amides is 1. The third kappa shape index (κ3) is 2.36. The van der Waals surface area contributed by atoms with E-state index in [2.05, 4.69) is 0 Å². The molecule has 0 spiro atoms. The van der Waals surface area contributed by atoms with Crippen LogP contribution in [0.5, 0.6) is 0 Å². The zero-order chi connectivity index (χ0) is 7.56. The number of amides is 3. The van der Waals surface area contributed by atoms with E-state index in [9.17, 15) is 9.59 Å². The van der Waals surface area contributed by atoms with E-state index in [1.54, 1.807) is 0 Å². The number of imide groups is 1. The first-order valence-corrected chi connectivity index (χ1v) is 2.89. The highest BCUT2D eigenvalue weighted by atomic mass is 35.5. The van der Waals surface area contributed by atoms with E-state index in [1.165, 1.54) is 0 Å². The van der Waals surface area contributed by atoms with Gasteiger partial charge in [0, 0.05) is 0 Å². The van der Waals surface area contributed by atoms with Gasteiger partial charge in [-0.15, -0.1) is 12.4 Å². The molecule has 0 unspecified atom stereocenters. The van der Waals surface area contributed by atoms with E-state index in [0.717, 1.165) is 4.90 Å². The van der Waals surface area contributed by atoms with E-state index in [0.29, 0.717) is 6.61 Å². The van der Waals surface area contributed by atoms with Crippen LogP contribution in [0.2, 0.25) is 0 Å². The van der Waals surface area contributed by atoms with E-state index in [-0.39, 0.29) is 31.5 Å². The fourth-order valence-corrected chi connectivity index (χ4v) is 0.751. The molecule has 0 aliphatic carbocycles. The smallest absolute Gasteiger partial charge is 0.321 e. The van der Waals surface area contributed by atoms with Gasteiger partial charge in [-0.2, -0.15) is 0 Å². The number of nitrogens with zero attached hydrogens (tertiary/aromatic N) is 1. The van der Waals surface area contributed by atoms with Gasteiger partial charge < -0.3 is 10.5 Å². The first-order chi connectivity index (χ1) is 4.72. The molecule has 64 valence electrons. The Morgan fingerprint density at radius 2 is 2.27 bits per heavy atom. The van der Waals surface area contributed by atoms with E-state index in [4.69, 9.17) is 10.5 Å². The average molecular weight is 181 g/mol. The normalized spacial score (nSPS) is 17.5. The Morgan fingerprint density at radius 3 is 2.64 bits per heavy atom. The molecule has 0 aromatic rings. The number of hydrogen-bond donors (Lipinski definition) is 1. The minimum atomic E-state index is -0.701. The van der Waals surface area contributed by atoms with Crippen LogP contribution < -0.4 is 5.73 Å². The highest BCUT2D eigenvalue weighted by Gasteiger charge is 2.22. The Hall–Kier alpha value is -0.810. The van der Waals surface area contributed by atoms with Gasteiger partial charge in [0.15, 0.2) is 0 Å². The van der Waals surface area contributed by atoms with Gasteiger partial charge in [-0.25, -0.2) is 4.79 Å². The van der Waals surface area contributed by atoms with Gasteiger partial charge in [0.2, 0.25) is 0 Å². The van der Waals surface area contributed by atoms with Gasteiger partial charge in [0.25, 0.3) is 5.91 Å². The van der Waals surface area contributed by atoms with E-state index in [1.807, 2.05) is 0 Å². The lowest BCUT2D eigenvalue weighted by Crippen LogP contribution is -2.47. The van der Waals surface area contributed by atoms with Crippen molar-refractivity contribution >= 4 is 24.3 Å². The zero-order valence-corrected chi connectivity index (χ0v) is 6.60. The van der Waals surface area contributed by atoms with Crippen LogP contribution in [0.15, 0.2) is 0 Å². The third-order valence-electron chi connectivity index (χ3n) is 1.25. The van der Waals surface area contributed by atoms with Crippen molar-refractivity contribution in [1.82, 2.24) is 4.90 Å². The van der Waals surface area contributed by atoms with Gasteiger partial charge >= 0.3 is 6.03 Å². The number of urea groups is 1. The summed E-state index contributed by atoms with van der Waals surface area (Å²) in [5, 5.41) is 0. The second-order valence-electron chi connectivity index (χ2n) is 1.94. The number of halogens is 1. The minimum Gasteiger partial charge on any atom is -0.370 e. The summed E-state index contributed by atoms with van der Waals surface area (Å²) in [5.41, 5.74) is 4.87. The molecule has 1 aliphatic heterocycles. The molecule has 0 aromatic carbocycles. The van der Waals surface area contributed by atoms with Crippen molar-refractivity contribution in [3.05, 3.63) is 0 Å². The Labute approximate surface area is 69.9 Å². The molecule has 0 aromatic heterocycles. The first kappa shape index (κ1) is 10.2. The standard InChI is InChI=1S/C5H8N2O3.ClH/c6-5(9)7-1-2-10-3-4(7)8;/h1-3H2,(H2,6,9);1H. The summed E-state index contributed by atoms with van der Waals surface area (Å²) in [7, 11) is 0. The van der Waals surface area contributed by atoms with Gasteiger partial charge in [0.05, 0.1) is 13.2 Å². The van der Waals surface area contributed by atoms with Crippen molar-refractivity contribution < 1.29 is 14.3 Å². The number of nitrogens with two attached hydrogens (primary N) is 1. The summed E-state index contributed by atoms with van der Waals surface area (Å²) >= 11 is 0. The van der Waals surface area contributed by atoms with Crippen LogP contribution in [0.1, 0.15) is 0 Å². The summed E-state index contributed by atoms with van der Waals surface area (Å²) in [6.07, 6.45) is 0. The average Bonchev–Trinajstić information content (AvgIpc) is 1.88. The number of carbonyl (C=O) groups excluding carboxylic acids is 2. The summed E-state index contributed by atoms with van der Waals surface area (Å²) in [6, 6.07) is -0.701. The van der Waals surface area contributed by atoms with Crippen molar-refractivity contribution in [2.45, 2.75) is 0 Å². The zero-order valence-electron chi connectivity index (χ0n) is 5.78. The molecule has 2 N–H and O–H groups in total. The molecular formula is C5H9ClN2O3. The predicted octanol–water partition coefficient (Wildman–Crippen LogP) is -0.654. The Kier molecular flexibility index (Phi) is 3.84. The van der Waals surface area contributed by atoms with Crippen LogP contribution >= 0.6 is 12.4 Å². The number of hydrogen-bond acceptors (Lipinski definition) is 3. The SMILES string of the molecule is Cl.NC(=O)N1CCOCC1=O. The molecule has 1 fully saturated rings. The van der Waals surface area contributed by atoms with Crippen LogP contribution in [0.25, 0.3) is 0 Å². The molecule has 0 atom stereocenters. The molecule has 6 heteroatoms. The molecule has 1 heterocycles. The van der Waals surface area contributed by atoms with Crippen molar-refractivity contribution in [3.8, 4) is 0 Å². The van der Waals surface area contributed by atoms with Crippen molar-refractivity contribution in [3.63, 3.8) is 0 Å². The van der Waals surface area contributed by atoms with Crippen LogP contribution in [-0.4, -0.2) is 36.6 Å². The van der Waals surface area contributed by atoms with Crippen molar-refractivity contribution in [2.24, 2.45) is 5.73 Å². The van der Waals surface area contributed by atoms with Crippen LogP contribution in [0.4, 0.5) is 4.79 Å².